The van der Waals surface area contributed by atoms with Gasteiger partial charge in [0.25, 0.3) is 0 Å². The second-order valence-corrected chi connectivity index (χ2v) is 5.81. The Morgan fingerprint density at radius 1 is 1.08 bits per heavy atom. The molecule has 0 amide bonds. The summed E-state index contributed by atoms with van der Waals surface area (Å²) < 4.78 is 2.11. The van der Waals surface area contributed by atoms with E-state index in [1.165, 1.54) is 0 Å². The van der Waals surface area contributed by atoms with Crippen molar-refractivity contribution in [2.45, 2.75) is 20.0 Å². The molecule has 24 heavy (non-hydrogen) atoms. The molecule has 3 rings (SSSR count). The van der Waals surface area contributed by atoms with Gasteiger partial charge < -0.3 is 9.67 Å². The van der Waals surface area contributed by atoms with Gasteiger partial charge in [-0.25, -0.2) is 4.98 Å². The minimum absolute atomic E-state index is 0.129. The molecule has 1 N–H and O–H groups in total. The van der Waals surface area contributed by atoms with E-state index in [2.05, 4.69) is 44.6 Å². The van der Waals surface area contributed by atoms with Crippen LogP contribution in [0, 0.1) is 6.92 Å². The van der Waals surface area contributed by atoms with E-state index in [-0.39, 0.29) is 6.61 Å². The van der Waals surface area contributed by atoms with Gasteiger partial charge in [-0.3, -0.25) is 9.88 Å². The van der Waals surface area contributed by atoms with Crippen LogP contribution in [0.5, 0.6) is 0 Å². The van der Waals surface area contributed by atoms with E-state index in [4.69, 9.17) is 0 Å². The summed E-state index contributed by atoms with van der Waals surface area (Å²) in [7, 11) is 0. The summed E-state index contributed by atoms with van der Waals surface area (Å²) in [6.07, 6.45) is 7.49. The highest BCUT2D eigenvalue weighted by molar-refractivity contribution is 5.35. The standard InChI is InChI=1S/C19H22N4O/c1-16-5-2-9-21-19(16)23-10-4-7-18(23)15-22(11-12-24)14-17-6-3-8-20-13-17/h2-10,13,24H,11-12,14-15H2,1H3. The first-order valence-electron chi connectivity index (χ1n) is 8.08. The maximum atomic E-state index is 9.40. The summed E-state index contributed by atoms with van der Waals surface area (Å²) >= 11 is 0. The van der Waals surface area contributed by atoms with Crippen LogP contribution in [0.15, 0.2) is 61.2 Å². The average molecular weight is 322 g/mol. The molecule has 0 aromatic carbocycles. The molecule has 0 unspecified atom stereocenters. The Kier molecular flexibility index (Phi) is 5.36. The van der Waals surface area contributed by atoms with Gasteiger partial charge >= 0.3 is 0 Å². The van der Waals surface area contributed by atoms with Crippen molar-refractivity contribution >= 4 is 0 Å². The predicted molar refractivity (Wildman–Crippen MR) is 93.7 cm³/mol. The van der Waals surface area contributed by atoms with Crippen molar-refractivity contribution in [2.75, 3.05) is 13.2 Å². The van der Waals surface area contributed by atoms with E-state index in [0.717, 1.165) is 35.7 Å². The molecule has 5 heteroatoms. The molecule has 0 aliphatic rings. The highest BCUT2D eigenvalue weighted by atomic mass is 16.3. The lowest BCUT2D eigenvalue weighted by Gasteiger charge is -2.22. The SMILES string of the molecule is Cc1cccnc1-n1cccc1CN(CCO)Cc1cccnc1. The van der Waals surface area contributed by atoms with Crippen LogP contribution < -0.4 is 0 Å². The molecule has 0 bridgehead atoms. The number of aliphatic hydroxyl groups is 1. The zero-order valence-electron chi connectivity index (χ0n) is 13.8. The molecular weight excluding hydrogens is 300 g/mol. The summed E-state index contributed by atoms with van der Waals surface area (Å²) in [5.41, 5.74) is 3.42. The lowest BCUT2D eigenvalue weighted by atomic mass is 10.2. The number of aliphatic hydroxyl groups excluding tert-OH is 1. The van der Waals surface area contributed by atoms with E-state index in [0.29, 0.717) is 6.54 Å². The maximum Gasteiger partial charge on any atom is 0.139 e. The average Bonchev–Trinajstić information content (AvgIpc) is 3.04. The fraction of sp³-hybridized carbons (Fsp3) is 0.263. The lowest BCUT2D eigenvalue weighted by molar-refractivity contribution is 0.182. The van der Waals surface area contributed by atoms with Crippen LogP contribution >= 0.6 is 0 Å². The van der Waals surface area contributed by atoms with E-state index >= 15 is 0 Å². The fourth-order valence-electron chi connectivity index (χ4n) is 2.82. The molecule has 0 spiro atoms. The van der Waals surface area contributed by atoms with Crippen molar-refractivity contribution in [1.29, 1.82) is 0 Å². The van der Waals surface area contributed by atoms with E-state index in [1.54, 1.807) is 6.20 Å². The van der Waals surface area contributed by atoms with E-state index < -0.39 is 0 Å². The monoisotopic (exact) mass is 322 g/mol. The first-order valence-corrected chi connectivity index (χ1v) is 8.08. The first-order chi connectivity index (χ1) is 11.8. The minimum Gasteiger partial charge on any atom is -0.395 e. The van der Waals surface area contributed by atoms with Crippen LogP contribution in [-0.4, -0.2) is 37.7 Å². The zero-order valence-corrected chi connectivity index (χ0v) is 13.8. The van der Waals surface area contributed by atoms with E-state index in [1.807, 2.05) is 36.8 Å². The summed E-state index contributed by atoms with van der Waals surface area (Å²) in [5, 5.41) is 9.40. The maximum absolute atomic E-state index is 9.40. The molecule has 3 aromatic heterocycles. The molecule has 0 atom stereocenters. The van der Waals surface area contributed by atoms with Crippen LogP contribution in [0.4, 0.5) is 0 Å². The summed E-state index contributed by atoms with van der Waals surface area (Å²) in [6.45, 7) is 4.29. The third-order valence-corrected chi connectivity index (χ3v) is 3.97. The number of nitrogens with zero attached hydrogens (tertiary/aromatic N) is 4. The van der Waals surface area contributed by atoms with Crippen molar-refractivity contribution in [3.63, 3.8) is 0 Å². The number of aryl methyl sites for hydroxylation is 1. The van der Waals surface area contributed by atoms with Gasteiger partial charge in [0.05, 0.1) is 6.61 Å². The molecule has 5 nitrogen and oxygen atoms in total. The van der Waals surface area contributed by atoms with Gasteiger partial charge in [0.1, 0.15) is 5.82 Å². The fourth-order valence-corrected chi connectivity index (χ4v) is 2.82. The van der Waals surface area contributed by atoms with Gasteiger partial charge in [-0.15, -0.1) is 0 Å². The largest absolute Gasteiger partial charge is 0.395 e. The molecule has 3 aromatic rings. The zero-order chi connectivity index (χ0) is 16.8. The van der Waals surface area contributed by atoms with Crippen LogP contribution in [0.1, 0.15) is 16.8 Å². The molecule has 0 saturated carbocycles. The Labute approximate surface area is 142 Å². The number of hydrogen-bond donors (Lipinski definition) is 1. The summed E-state index contributed by atoms with van der Waals surface area (Å²) in [5.74, 6) is 0.947. The number of hydrogen-bond acceptors (Lipinski definition) is 4. The Morgan fingerprint density at radius 3 is 2.71 bits per heavy atom. The Morgan fingerprint density at radius 2 is 1.96 bits per heavy atom. The molecule has 3 heterocycles. The van der Waals surface area contributed by atoms with Crippen molar-refractivity contribution in [3.05, 3.63) is 78.0 Å². The van der Waals surface area contributed by atoms with Crippen LogP contribution in [0.25, 0.3) is 5.82 Å². The predicted octanol–water partition coefficient (Wildman–Crippen LogP) is 2.57. The van der Waals surface area contributed by atoms with Gasteiger partial charge in [-0.1, -0.05) is 12.1 Å². The van der Waals surface area contributed by atoms with Crippen molar-refractivity contribution < 1.29 is 5.11 Å². The Bertz CT molecular complexity index is 770. The minimum atomic E-state index is 0.129. The van der Waals surface area contributed by atoms with Gasteiger partial charge in [0.2, 0.25) is 0 Å². The molecule has 124 valence electrons. The second-order valence-electron chi connectivity index (χ2n) is 5.81. The first kappa shape index (κ1) is 16.4. The smallest absolute Gasteiger partial charge is 0.139 e. The van der Waals surface area contributed by atoms with Crippen LogP contribution in [0.3, 0.4) is 0 Å². The highest BCUT2D eigenvalue weighted by Crippen LogP contribution is 2.16. The van der Waals surface area contributed by atoms with Crippen molar-refractivity contribution in [1.82, 2.24) is 19.4 Å². The van der Waals surface area contributed by atoms with Gasteiger partial charge in [-0.05, 0) is 42.3 Å². The molecule has 0 saturated heterocycles. The number of aromatic nitrogens is 3. The highest BCUT2D eigenvalue weighted by Gasteiger charge is 2.12. The third kappa shape index (κ3) is 3.88. The lowest BCUT2D eigenvalue weighted by Crippen LogP contribution is -2.27. The summed E-state index contributed by atoms with van der Waals surface area (Å²) in [6, 6.07) is 12.1. The van der Waals surface area contributed by atoms with Crippen molar-refractivity contribution in [2.24, 2.45) is 0 Å². The van der Waals surface area contributed by atoms with Gasteiger partial charge in [0, 0.05) is 50.1 Å². The second kappa shape index (κ2) is 7.86. The molecule has 0 fully saturated rings. The Hall–Kier alpha value is -2.50. The quantitative estimate of drug-likeness (QED) is 0.726. The Balaban J connectivity index is 1.81. The number of pyridine rings is 2. The van der Waals surface area contributed by atoms with E-state index in [9.17, 15) is 5.11 Å². The van der Waals surface area contributed by atoms with Gasteiger partial charge in [0.15, 0.2) is 0 Å². The molecule has 0 radical (unpaired) electrons. The number of rotatable bonds is 7. The topological polar surface area (TPSA) is 54.2 Å². The third-order valence-electron chi connectivity index (χ3n) is 3.97. The molecule has 0 aliphatic carbocycles. The molecule has 0 aliphatic heterocycles. The van der Waals surface area contributed by atoms with Crippen LogP contribution in [-0.2, 0) is 13.1 Å². The van der Waals surface area contributed by atoms with Crippen LogP contribution in [0.2, 0.25) is 0 Å². The molecular formula is C19H22N4O. The van der Waals surface area contributed by atoms with Gasteiger partial charge in [-0.2, -0.15) is 0 Å². The normalized spacial score (nSPS) is 11.1. The van der Waals surface area contributed by atoms with Crippen molar-refractivity contribution in [3.8, 4) is 5.82 Å². The summed E-state index contributed by atoms with van der Waals surface area (Å²) in [4.78, 5) is 10.9.